The highest BCUT2D eigenvalue weighted by atomic mass is 19.1. The maximum absolute atomic E-state index is 16.4. The molecule has 1 fully saturated rings. The molecule has 3 heterocycles. The van der Waals surface area contributed by atoms with E-state index in [-0.39, 0.29) is 40.9 Å². The summed E-state index contributed by atoms with van der Waals surface area (Å²) in [6.45, 7) is 7.37. The Morgan fingerprint density at radius 2 is 1.88 bits per heavy atom. The van der Waals surface area contributed by atoms with Crippen LogP contribution in [0.1, 0.15) is 11.3 Å². The molecule has 0 radical (unpaired) electrons. The lowest BCUT2D eigenvalue weighted by Crippen LogP contribution is -2.48. The van der Waals surface area contributed by atoms with Gasteiger partial charge in [-0.3, -0.25) is 9.78 Å². The smallest absolute Gasteiger partial charge is 0.319 e. The third-order valence-corrected chi connectivity index (χ3v) is 6.91. The number of methoxy groups -OCH3 is 1. The predicted molar refractivity (Wildman–Crippen MR) is 149 cm³/mol. The van der Waals surface area contributed by atoms with Crippen molar-refractivity contribution in [1.29, 1.82) is 0 Å². The molecule has 10 heteroatoms. The maximum atomic E-state index is 16.4. The van der Waals surface area contributed by atoms with E-state index >= 15 is 8.78 Å². The largest absolute Gasteiger partial charge is 0.496 e. The Bertz CT molecular complexity index is 1560. The molecule has 4 aromatic rings. The van der Waals surface area contributed by atoms with Gasteiger partial charge in [0.25, 0.3) is 0 Å². The highest BCUT2D eigenvalue weighted by Gasteiger charge is 2.27. The summed E-state index contributed by atoms with van der Waals surface area (Å²) >= 11 is 0. The van der Waals surface area contributed by atoms with Crippen LogP contribution in [0.25, 0.3) is 22.0 Å². The summed E-state index contributed by atoms with van der Waals surface area (Å²) in [5.74, 6) is -0.749. The van der Waals surface area contributed by atoms with Gasteiger partial charge in [-0.05, 0) is 48.9 Å². The molecule has 40 heavy (non-hydrogen) atoms. The number of pyridine rings is 1. The lowest BCUT2D eigenvalue weighted by molar-refractivity contribution is -0.126. The van der Waals surface area contributed by atoms with Crippen LogP contribution in [0.3, 0.4) is 0 Å². The van der Waals surface area contributed by atoms with E-state index in [0.717, 1.165) is 5.69 Å². The molecule has 0 bridgehead atoms. The van der Waals surface area contributed by atoms with Gasteiger partial charge in [-0.15, -0.1) is 0 Å². The summed E-state index contributed by atoms with van der Waals surface area (Å²) in [4.78, 5) is 29.2. The van der Waals surface area contributed by atoms with Crippen molar-refractivity contribution in [2.24, 2.45) is 0 Å². The van der Waals surface area contributed by atoms with Crippen molar-refractivity contribution in [1.82, 2.24) is 19.9 Å². The summed E-state index contributed by atoms with van der Waals surface area (Å²) in [7, 11) is 1.41. The van der Waals surface area contributed by atoms with E-state index in [9.17, 15) is 4.79 Å². The number of benzene rings is 2. The Morgan fingerprint density at radius 1 is 1.07 bits per heavy atom. The second kappa shape index (κ2) is 11.6. The van der Waals surface area contributed by atoms with Crippen molar-refractivity contribution in [3.8, 4) is 22.9 Å². The molecule has 0 aliphatic carbocycles. The second-order valence-corrected chi connectivity index (χ2v) is 9.36. The Morgan fingerprint density at radius 3 is 2.58 bits per heavy atom. The topological polar surface area (TPSA) is 80.7 Å². The number of hydrogen-bond acceptors (Lipinski definition) is 7. The van der Waals surface area contributed by atoms with Crippen LogP contribution in [-0.2, 0) is 11.2 Å². The Labute approximate surface area is 230 Å². The molecule has 0 atom stereocenters. The van der Waals surface area contributed by atoms with Crippen LogP contribution in [0.5, 0.6) is 11.8 Å². The number of piperazine rings is 1. The number of amides is 1. The summed E-state index contributed by atoms with van der Waals surface area (Å²) in [6.07, 6.45) is 3.50. The van der Waals surface area contributed by atoms with E-state index in [0.29, 0.717) is 49.4 Å². The van der Waals surface area contributed by atoms with E-state index in [2.05, 4.69) is 21.5 Å². The Balaban J connectivity index is 1.59. The van der Waals surface area contributed by atoms with Crippen LogP contribution in [0.15, 0.2) is 61.3 Å². The fourth-order valence-electron chi connectivity index (χ4n) is 4.91. The van der Waals surface area contributed by atoms with Gasteiger partial charge in [0.1, 0.15) is 22.9 Å². The molecule has 0 spiro atoms. The number of rotatable bonds is 8. The van der Waals surface area contributed by atoms with Crippen LogP contribution in [0.4, 0.5) is 14.6 Å². The summed E-state index contributed by atoms with van der Waals surface area (Å²) < 4.78 is 42.7. The molecule has 1 amide bonds. The fraction of sp³-hybridized carbons (Fsp3) is 0.267. The first-order valence-corrected chi connectivity index (χ1v) is 12.9. The molecule has 0 saturated carbocycles. The van der Waals surface area contributed by atoms with Gasteiger partial charge in [0.15, 0.2) is 5.82 Å². The number of hydrogen-bond donors (Lipinski definition) is 0. The van der Waals surface area contributed by atoms with Gasteiger partial charge in [-0.2, -0.15) is 9.97 Å². The monoisotopic (exact) mass is 545 g/mol. The van der Waals surface area contributed by atoms with E-state index in [1.165, 1.54) is 25.3 Å². The number of halogens is 2. The quantitative estimate of drug-likeness (QED) is 0.296. The van der Waals surface area contributed by atoms with E-state index in [1.54, 1.807) is 30.2 Å². The molecule has 5 rings (SSSR count). The highest BCUT2D eigenvalue weighted by molar-refractivity contribution is 5.96. The number of fused-ring (bicyclic) bond motifs is 1. The number of carbonyl (C=O) groups is 1. The molecule has 0 N–H and O–H groups in total. The summed E-state index contributed by atoms with van der Waals surface area (Å²) in [6, 6.07) is 11.7. The number of aryl methyl sites for hydroxylation is 1. The van der Waals surface area contributed by atoms with Gasteiger partial charge in [-0.1, -0.05) is 18.7 Å². The van der Waals surface area contributed by atoms with Crippen LogP contribution in [0, 0.1) is 18.6 Å². The second-order valence-electron chi connectivity index (χ2n) is 9.36. The molecule has 1 saturated heterocycles. The summed E-state index contributed by atoms with van der Waals surface area (Å²) in [5, 5.41) is 0.467. The number of carbonyl (C=O) groups excluding carboxylic acids is 1. The van der Waals surface area contributed by atoms with Crippen molar-refractivity contribution in [3.63, 3.8) is 0 Å². The molecule has 1 aliphatic rings. The van der Waals surface area contributed by atoms with Crippen LogP contribution in [0.2, 0.25) is 0 Å². The molecule has 0 unspecified atom stereocenters. The average Bonchev–Trinajstić information content (AvgIpc) is 2.98. The van der Waals surface area contributed by atoms with E-state index in [4.69, 9.17) is 9.47 Å². The van der Waals surface area contributed by atoms with Crippen molar-refractivity contribution in [3.05, 3.63) is 84.2 Å². The highest BCUT2D eigenvalue weighted by Crippen LogP contribution is 2.40. The lowest BCUT2D eigenvalue weighted by Gasteiger charge is -2.35. The van der Waals surface area contributed by atoms with Gasteiger partial charge in [0.05, 0.1) is 19.3 Å². The average molecular weight is 546 g/mol. The molecule has 2 aromatic heterocycles. The molecule has 1 aliphatic heterocycles. The SMILES string of the molecule is C=CC(=O)N1CCN(c2nc(OCCc3ccccn3)nc3c(F)c(-c4c(F)cccc4OC)c(C)cc23)CC1. The normalized spacial score (nSPS) is 13.4. The fourth-order valence-corrected chi connectivity index (χ4v) is 4.91. The molecular weight excluding hydrogens is 516 g/mol. The maximum Gasteiger partial charge on any atom is 0.319 e. The van der Waals surface area contributed by atoms with Crippen molar-refractivity contribution >= 4 is 22.6 Å². The first kappa shape index (κ1) is 27.0. The van der Waals surface area contributed by atoms with Gasteiger partial charge in [0, 0.05) is 55.4 Å². The first-order valence-electron chi connectivity index (χ1n) is 12.9. The minimum absolute atomic E-state index is 0.00256. The zero-order valence-electron chi connectivity index (χ0n) is 22.4. The Kier molecular flexibility index (Phi) is 7.86. The zero-order valence-corrected chi connectivity index (χ0v) is 22.4. The van der Waals surface area contributed by atoms with Crippen molar-refractivity contribution in [2.45, 2.75) is 13.3 Å². The van der Waals surface area contributed by atoms with E-state index in [1.807, 2.05) is 23.1 Å². The van der Waals surface area contributed by atoms with Crippen molar-refractivity contribution < 1.29 is 23.0 Å². The van der Waals surface area contributed by atoms with Gasteiger partial charge in [0.2, 0.25) is 5.91 Å². The van der Waals surface area contributed by atoms with Crippen LogP contribution >= 0.6 is 0 Å². The van der Waals surface area contributed by atoms with Crippen LogP contribution < -0.4 is 14.4 Å². The standard InChI is InChI=1S/C30H29F2N5O3/c1-4-24(38)36-13-15-37(16-14-36)29-21-18-19(2)25(26-22(31)9-7-10-23(26)39-3)27(32)28(21)34-30(35-29)40-17-11-20-8-5-6-12-33-20/h4-10,12,18H,1,11,13-17H2,2-3H3. The molecular formula is C30H29F2N5O3. The summed E-state index contributed by atoms with van der Waals surface area (Å²) in [5.41, 5.74) is 1.43. The van der Waals surface area contributed by atoms with E-state index < -0.39 is 11.6 Å². The third kappa shape index (κ3) is 5.29. The van der Waals surface area contributed by atoms with Gasteiger partial charge < -0.3 is 19.3 Å². The molecule has 8 nitrogen and oxygen atoms in total. The van der Waals surface area contributed by atoms with Gasteiger partial charge in [-0.25, -0.2) is 8.78 Å². The molecule has 206 valence electrons. The lowest BCUT2D eigenvalue weighted by atomic mass is 9.96. The predicted octanol–water partition coefficient (Wildman–Crippen LogP) is 4.74. The van der Waals surface area contributed by atoms with Crippen LogP contribution in [-0.4, -0.2) is 65.7 Å². The third-order valence-electron chi connectivity index (χ3n) is 6.91. The van der Waals surface area contributed by atoms with Crippen molar-refractivity contribution in [2.75, 3.05) is 44.8 Å². The molecule has 2 aromatic carbocycles. The first-order chi connectivity index (χ1) is 19.4. The Hall–Kier alpha value is -4.60. The van der Waals surface area contributed by atoms with Gasteiger partial charge >= 0.3 is 6.01 Å². The number of nitrogens with zero attached hydrogens (tertiary/aromatic N) is 5. The number of anilines is 1. The zero-order chi connectivity index (χ0) is 28.2. The number of ether oxygens (including phenoxy) is 2. The minimum atomic E-state index is -0.697. The number of aromatic nitrogens is 3. The minimum Gasteiger partial charge on any atom is -0.496 e.